The molecule has 84 valence electrons. The van der Waals surface area contributed by atoms with Gasteiger partial charge in [-0.05, 0) is 13.8 Å². The highest BCUT2D eigenvalue weighted by Gasteiger charge is 2.12. The molecule has 0 unspecified atom stereocenters. The number of anilines is 1. The van der Waals surface area contributed by atoms with Crippen molar-refractivity contribution in [3.8, 4) is 0 Å². The molecule has 0 saturated carbocycles. The molecule has 0 aliphatic heterocycles. The summed E-state index contributed by atoms with van der Waals surface area (Å²) in [5.74, 6) is 0.0223. The van der Waals surface area contributed by atoms with Crippen molar-refractivity contribution in [1.82, 2.24) is 14.8 Å². The lowest BCUT2D eigenvalue weighted by Gasteiger charge is -2.10. The summed E-state index contributed by atoms with van der Waals surface area (Å²) in [7, 11) is 0. The van der Waals surface area contributed by atoms with Crippen LogP contribution in [0.1, 0.15) is 26.3 Å². The molecule has 0 amide bonds. The smallest absolute Gasteiger partial charge is 0.304 e. The number of rotatable bonds is 5. The second-order valence-corrected chi connectivity index (χ2v) is 4.36. The molecule has 1 heterocycles. The van der Waals surface area contributed by atoms with Crippen molar-refractivity contribution in [2.75, 3.05) is 11.5 Å². The summed E-state index contributed by atoms with van der Waals surface area (Å²) in [5, 5.41) is 16.8. The van der Waals surface area contributed by atoms with E-state index in [9.17, 15) is 4.79 Å². The average molecular weight is 230 g/mol. The Balaban J connectivity index is 2.64. The van der Waals surface area contributed by atoms with Gasteiger partial charge in [0.2, 0.25) is 5.95 Å². The van der Waals surface area contributed by atoms with Gasteiger partial charge >= 0.3 is 5.97 Å². The number of nitrogen functional groups attached to an aromatic ring is 1. The number of carbonyl (C=O) groups is 1. The molecule has 0 aliphatic carbocycles. The normalized spacial score (nSPS) is 10.9. The van der Waals surface area contributed by atoms with E-state index in [-0.39, 0.29) is 12.5 Å². The summed E-state index contributed by atoms with van der Waals surface area (Å²) in [5.41, 5.74) is 5.63. The van der Waals surface area contributed by atoms with Crippen LogP contribution in [0.5, 0.6) is 0 Å². The first kappa shape index (κ1) is 11.8. The molecule has 15 heavy (non-hydrogen) atoms. The van der Waals surface area contributed by atoms with Gasteiger partial charge in [0.05, 0.1) is 6.42 Å². The van der Waals surface area contributed by atoms with Crippen molar-refractivity contribution in [2.24, 2.45) is 0 Å². The monoisotopic (exact) mass is 230 g/mol. The molecule has 1 aromatic rings. The lowest BCUT2D eigenvalue weighted by molar-refractivity contribution is -0.136. The molecule has 6 nitrogen and oxygen atoms in total. The fraction of sp³-hybridized carbons (Fsp3) is 0.625. The molecule has 0 fully saturated rings. The highest BCUT2D eigenvalue weighted by Crippen LogP contribution is 2.22. The predicted molar refractivity (Wildman–Crippen MR) is 57.8 cm³/mol. The Morgan fingerprint density at radius 1 is 1.60 bits per heavy atom. The summed E-state index contributed by atoms with van der Waals surface area (Å²) in [6.07, 6.45) is 0.107. The number of nitrogens with zero attached hydrogens (tertiary/aromatic N) is 3. The Labute approximate surface area is 91.9 Å². The summed E-state index contributed by atoms with van der Waals surface area (Å²) in [4.78, 5) is 10.3. The maximum atomic E-state index is 10.3. The van der Waals surface area contributed by atoms with Gasteiger partial charge in [-0.25, -0.2) is 0 Å². The maximum absolute atomic E-state index is 10.3. The Morgan fingerprint density at radius 2 is 2.27 bits per heavy atom. The first-order valence-corrected chi connectivity index (χ1v) is 5.56. The van der Waals surface area contributed by atoms with Crippen LogP contribution in [0.15, 0.2) is 5.16 Å². The fourth-order valence-electron chi connectivity index (χ4n) is 1.10. The molecular formula is C8H14N4O2S. The van der Waals surface area contributed by atoms with Crippen LogP contribution in [0, 0.1) is 0 Å². The Bertz CT molecular complexity index is 350. The van der Waals surface area contributed by atoms with Gasteiger partial charge in [-0.3, -0.25) is 9.36 Å². The van der Waals surface area contributed by atoms with Gasteiger partial charge in [0.1, 0.15) is 0 Å². The van der Waals surface area contributed by atoms with E-state index in [0.29, 0.717) is 16.9 Å². The van der Waals surface area contributed by atoms with E-state index < -0.39 is 5.97 Å². The molecule has 0 spiro atoms. The first-order chi connectivity index (χ1) is 7.02. The molecule has 0 atom stereocenters. The number of hydrogen-bond acceptors (Lipinski definition) is 5. The quantitative estimate of drug-likeness (QED) is 0.733. The van der Waals surface area contributed by atoms with Crippen molar-refractivity contribution >= 4 is 23.7 Å². The number of thioether (sulfide) groups is 1. The van der Waals surface area contributed by atoms with Crippen LogP contribution in [0.4, 0.5) is 5.95 Å². The third-order valence-electron chi connectivity index (χ3n) is 1.75. The number of aromatic nitrogens is 3. The summed E-state index contributed by atoms with van der Waals surface area (Å²) >= 11 is 1.35. The number of carboxylic acid groups (broad SMARTS) is 1. The van der Waals surface area contributed by atoms with Gasteiger partial charge in [0, 0.05) is 11.8 Å². The van der Waals surface area contributed by atoms with E-state index in [1.165, 1.54) is 11.8 Å². The molecule has 0 radical (unpaired) electrons. The van der Waals surface area contributed by atoms with E-state index in [1.54, 1.807) is 4.57 Å². The van der Waals surface area contributed by atoms with Crippen LogP contribution in [-0.2, 0) is 4.79 Å². The van der Waals surface area contributed by atoms with Gasteiger partial charge < -0.3 is 10.8 Å². The Hall–Kier alpha value is -1.24. The third-order valence-corrected chi connectivity index (χ3v) is 2.70. The van der Waals surface area contributed by atoms with Crippen molar-refractivity contribution in [3.63, 3.8) is 0 Å². The van der Waals surface area contributed by atoms with E-state index in [0.717, 1.165) is 0 Å². The van der Waals surface area contributed by atoms with Gasteiger partial charge in [0.25, 0.3) is 0 Å². The molecule has 0 aliphatic rings. The summed E-state index contributed by atoms with van der Waals surface area (Å²) in [6, 6.07) is 0.173. The number of hydrogen-bond donors (Lipinski definition) is 2. The zero-order chi connectivity index (χ0) is 11.4. The fourth-order valence-corrected chi connectivity index (χ4v) is 2.10. The standard InChI is InChI=1S/C8H14N4O2S/c1-5(2)12-7(9)10-11-8(12)15-4-3-6(13)14/h5H,3-4H2,1-2H3,(H2,9,10)(H,13,14). The Kier molecular flexibility index (Phi) is 3.96. The van der Waals surface area contributed by atoms with Gasteiger partial charge in [0.15, 0.2) is 5.16 Å². The summed E-state index contributed by atoms with van der Waals surface area (Å²) in [6.45, 7) is 3.95. The van der Waals surface area contributed by atoms with Crippen molar-refractivity contribution in [1.29, 1.82) is 0 Å². The number of nitrogens with two attached hydrogens (primary N) is 1. The molecule has 3 N–H and O–H groups in total. The van der Waals surface area contributed by atoms with Gasteiger partial charge in [-0.2, -0.15) is 0 Å². The topological polar surface area (TPSA) is 94.0 Å². The Morgan fingerprint density at radius 3 is 2.80 bits per heavy atom. The summed E-state index contributed by atoms with van der Waals surface area (Å²) < 4.78 is 1.78. The van der Waals surface area contributed by atoms with E-state index >= 15 is 0 Å². The van der Waals surface area contributed by atoms with E-state index in [4.69, 9.17) is 10.8 Å². The zero-order valence-corrected chi connectivity index (χ0v) is 9.49. The van der Waals surface area contributed by atoms with Gasteiger partial charge in [-0.15, -0.1) is 10.2 Å². The van der Waals surface area contributed by atoms with E-state index in [1.807, 2.05) is 13.8 Å². The first-order valence-electron chi connectivity index (χ1n) is 4.57. The third kappa shape index (κ3) is 3.12. The van der Waals surface area contributed by atoms with Crippen molar-refractivity contribution in [2.45, 2.75) is 31.5 Å². The molecule has 0 aromatic carbocycles. The van der Waals surface area contributed by atoms with Crippen molar-refractivity contribution < 1.29 is 9.90 Å². The van der Waals surface area contributed by atoms with Crippen LogP contribution in [0.25, 0.3) is 0 Å². The lowest BCUT2D eigenvalue weighted by atomic mass is 10.4. The molecule has 1 aromatic heterocycles. The largest absolute Gasteiger partial charge is 0.481 e. The van der Waals surface area contributed by atoms with Crippen LogP contribution in [0.2, 0.25) is 0 Å². The zero-order valence-electron chi connectivity index (χ0n) is 8.67. The maximum Gasteiger partial charge on any atom is 0.304 e. The van der Waals surface area contributed by atoms with Crippen LogP contribution in [-0.4, -0.2) is 31.6 Å². The van der Waals surface area contributed by atoms with Crippen LogP contribution >= 0.6 is 11.8 Å². The molecule has 7 heteroatoms. The molecular weight excluding hydrogens is 216 g/mol. The lowest BCUT2D eigenvalue weighted by Crippen LogP contribution is -2.07. The predicted octanol–water partition coefficient (Wildman–Crippen LogP) is 1.01. The average Bonchev–Trinajstić information content (AvgIpc) is 2.46. The molecule has 0 bridgehead atoms. The highest BCUT2D eigenvalue weighted by molar-refractivity contribution is 7.99. The number of carboxylic acids is 1. The van der Waals surface area contributed by atoms with Crippen LogP contribution < -0.4 is 5.73 Å². The van der Waals surface area contributed by atoms with Gasteiger partial charge in [-0.1, -0.05) is 11.8 Å². The minimum absolute atomic E-state index is 0.107. The number of aliphatic carboxylic acids is 1. The minimum atomic E-state index is -0.814. The van der Waals surface area contributed by atoms with E-state index in [2.05, 4.69) is 10.2 Å². The second-order valence-electron chi connectivity index (χ2n) is 3.30. The minimum Gasteiger partial charge on any atom is -0.481 e. The highest BCUT2D eigenvalue weighted by atomic mass is 32.2. The molecule has 0 saturated heterocycles. The van der Waals surface area contributed by atoms with Crippen LogP contribution in [0.3, 0.4) is 0 Å². The molecule has 1 rings (SSSR count). The SMILES string of the molecule is CC(C)n1c(N)nnc1SCCC(=O)O. The van der Waals surface area contributed by atoms with Crippen molar-refractivity contribution in [3.05, 3.63) is 0 Å². The second kappa shape index (κ2) is 5.01.